The van der Waals surface area contributed by atoms with Crippen LogP contribution in [0.15, 0.2) is 91.1 Å². The first kappa shape index (κ1) is 60.1. The molecule has 21 nitrogen and oxygen atoms in total. The van der Waals surface area contributed by atoms with Crippen LogP contribution in [0.25, 0.3) is 10.9 Å². The second-order valence-electron chi connectivity index (χ2n) is 18.7. The van der Waals surface area contributed by atoms with Crippen molar-refractivity contribution in [2.24, 2.45) is 17.2 Å². The number of thiol groups is 2. The maximum Gasteiger partial charge on any atom is 0.245 e. The van der Waals surface area contributed by atoms with E-state index in [-0.39, 0.29) is 38.0 Å². The highest BCUT2D eigenvalue weighted by molar-refractivity contribution is 7.81. The molecule has 8 amide bonds. The first-order chi connectivity index (χ1) is 35.0. The van der Waals surface area contributed by atoms with Crippen molar-refractivity contribution in [1.82, 2.24) is 42.2 Å². The number of hydrogen-bond acceptors (Lipinski definition) is 14. The average molecular weight is 1060 g/mol. The Hall–Kier alpha value is -6.50. The number of nitrogens with two attached hydrogens (primary N) is 3. The Kier molecular flexibility index (Phi) is 23.4. The Labute approximate surface area is 441 Å². The molecule has 4 rings (SSSR count). The maximum atomic E-state index is 14.7. The van der Waals surface area contributed by atoms with E-state index < -0.39 is 113 Å². The highest BCUT2D eigenvalue weighted by atomic mass is 32.1. The summed E-state index contributed by atoms with van der Waals surface area (Å²) in [6.07, 6.45) is -0.544. The first-order valence-corrected chi connectivity index (χ1v) is 25.3. The van der Waals surface area contributed by atoms with E-state index in [1.807, 2.05) is 48.5 Å². The van der Waals surface area contributed by atoms with Crippen molar-refractivity contribution in [3.63, 3.8) is 0 Å². The van der Waals surface area contributed by atoms with Crippen LogP contribution in [0.3, 0.4) is 0 Å². The lowest BCUT2D eigenvalue weighted by Crippen LogP contribution is -2.64. The van der Waals surface area contributed by atoms with E-state index in [2.05, 4.69) is 67.5 Å². The second-order valence-corrected chi connectivity index (χ2v) is 20.2. The maximum absolute atomic E-state index is 14.7. The van der Waals surface area contributed by atoms with Crippen LogP contribution < -0.4 is 54.4 Å². The minimum absolute atomic E-state index is 0.0161. The number of aliphatic hydroxyl groups excluding tert-OH is 2. The monoisotopic (exact) mass is 1060 g/mol. The van der Waals surface area contributed by atoms with Crippen molar-refractivity contribution in [2.75, 3.05) is 12.3 Å². The molecule has 16 N–H and O–H groups in total. The number of aromatic amines is 1. The Morgan fingerprint density at radius 1 is 0.595 bits per heavy atom. The van der Waals surface area contributed by atoms with E-state index in [9.17, 15) is 48.6 Å². The Balaban J connectivity index is 1.63. The lowest BCUT2D eigenvalue weighted by atomic mass is 9.99. The first-order valence-electron chi connectivity index (χ1n) is 24.2. The van der Waals surface area contributed by atoms with E-state index in [1.54, 1.807) is 42.6 Å². The van der Waals surface area contributed by atoms with E-state index >= 15 is 0 Å². The molecule has 0 aliphatic carbocycles. The minimum atomic E-state index is -1.72. The summed E-state index contributed by atoms with van der Waals surface area (Å²) < 4.78 is -1.32. The molecule has 74 heavy (non-hydrogen) atoms. The van der Waals surface area contributed by atoms with Gasteiger partial charge in [0.15, 0.2) is 0 Å². The SMILES string of the molecule is C[C@@H](O)[C@H](NC(=O)[C@@H](NC(=O)[C@@H](NC(=O)[C@H](CCCCN)NC(=O)[C@@H](Cc1c[nH]c2ccccc12)NC(=O)[C@H](Cc1ccccc1)NC(=O)[C@H](CS)NC(=O)[C@H](N)Cc1ccccc1)[C@@H](C)O)C(C)(C)S)C(N)=O. The van der Waals surface area contributed by atoms with Crippen LogP contribution >= 0.6 is 25.3 Å². The van der Waals surface area contributed by atoms with Gasteiger partial charge < -0.3 is 69.6 Å². The quantitative estimate of drug-likeness (QED) is 0.0229. The number of aliphatic hydroxyl groups is 2. The molecule has 10 atom stereocenters. The van der Waals surface area contributed by atoms with Crippen molar-refractivity contribution in [1.29, 1.82) is 0 Å². The number of para-hydroxylation sites is 1. The molecule has 0 bridgehead atoms. The van der Waals surface area contributed by atoms with Gasteiger partial charge in [0.05, 0.1) is 18.2 Å². The van der Waals surface area contributed by atoms with E-state index in [1.165, 1.54) is 27.7 Å². The highest BCUT2D eigenvalue weighted by Gasteiger charge is 2.40. The highest BCUT2D eigenvalue weighted by Crippen LogP contribution is 2.21. The van der Waals surface area contributed by atoms with Crippen LogP contribution in [0.2, 0.25) is 0 Å². The number of benzene rings is 3. The van der Waals surface area contributed by atoms with Crippen LogP contribution in [-0.2, 0) is 57.6 Å². The van der Waals surface area contributed by atoms with Crippen molar-refractivity contribution in [3.8, 4) is 0 Å². The van der Waals surface area contributed by atoms with Gasteiger partial charge in [-0.3, -0.25) is 38.4 Å². The number of aromatic nitrogens is 1. The summed E-state index contributed by atoms with van der Waals surface area (Å²) in [6.45, 7) is 5.65. The third-order valence-electron chi connectivity index (χ3n) is 12.1. The fourth-order valence-electron chi connectivity index (χ4n) is 7.92. The number of amides is 8. The van der Waals surface area contributed by atoms with Gasteiger partial charge in [0.2, 0.25) is 47.3 Å². The number of H-pyrrole nitrogens is 1. The van der Waals surface area contributed by atoms with Crippen molar-refractivity contribution >= 4 is 83.4 Å². The van der Waals surface area contributed by atoms with Gasteiger partial charge in [0, 0.05) is 40.4 Å². The molecule has 1 heterocycles. The predicted octanol–water partition coefficient (Wildman–Crippen LogP) is -1.07. The molecular weight excluding hydrogens is 991 g/mol. The summed E-state index contributed by atoms with van der Waals surface area (Å²) in [6, 6.07) is 14.0. The lowest BCUT2D eigenvalue weighted by Gasteiger charge is -2.33. The fourth-order valence-corrected chi connectivity index (χ4v) is 8.36. The number of primary amides is 1. The van der Waals surface area contributed by atoms with Crippen LogP contribution in [0, 0.1) is 0 Å². The Morgan fingerprint density at radius 3 is 1.62 bits per heavy atom. The summed E-state index contributed by atoms with van der Waals surface area (Å²) in [5.74, 6) is -7.09. The summed E-state index contributed by atoms with van der Waals surface area (Å²) in [7, 11) is 0. The van der Waals surface area contributed by atoms with Crippen LogP contribution in [0.1, 0.15) is 63.6 Å². The zero-order valence-electron chi connectivity index (χ0n) is 41.9. The van der Waals surface area contributed by atoms with Crippen molar-refractivity contribution in [3.05, 3.63) is 108 Å². The molecule has 0 saturated heterocycles. The van der Waals surface area contributed by atoms with E-state index in [0.29, 0.717) is 24.0 Å². The topological polar surface area (TPSA) is 355 Å². The molecule has 0 saturated carbocycles. The lowest BCUT2D eigenvalue weighted by molar-refractivity contribution is -0.137. The summed E-state index contributed by atoms with van der Waals surface area (Å²) in [4.78, 5) is 113. The molecule has 3 aromatic carbocycles. The molecule has 0 spiro atoms. The second kappa shape index (κ2) is 28.8. The molecule has 0 aliphatic rings. The number of unbranched alkanes of at least 4 members (excludes halogenated alkanes) is 1. The normalized spacial score (nSPS) is 15.5. The Morgan fingerprint density at radius 2 is 1.08 bits per heavy atom. The number of rotatable bonds is 29. The number of carbonyl (C=O) groups excluding carboxylic acids is 8. The smallest absolute Gasteiger partial charge is 0.245 e. The standard InChI is InChI=1S/C51H71N11O10S2/c1-28(63)40(43(54)65)60-50(72)42(51(3,4)74)62-49(71)41(29(2)64)61-45(67)36(21-13-14-22-52)56-47(69)38(25-32-26-55-35-20-12-11-19-33(32)35)58-46(68)37(24-31-17-9-6-10-18-31)57-48(70)39(27-73)59-44(66)34(53)23-30-15-7-5-8-16-30/h5-12,15-20,26,28-29,34,36-42,55,63-64,73-74H,13-14,21-25,27,52-53H2,1-4H3,(H2,54,65)(H,56,69)(H,57,70)(H,58,68)(H,59,66)(H,60,72)(H,61,67)(H,62,71)/t28-,29-,34-,36+,37+,38-,39+,40+,41+,42-/m1/s1. The summed E-state index contributed by atoms with van der Waals surface area (Å²) in [5.41, 5.74) is 20.2. The largest absolute Gasteiger partial charge is 0.391 e. The number of carbonyl (C=O) groups is 8. The van der Waals surface area contributed by atoms with Crippen LogP contribution in [0.4, 0.5) is 0 Å². The third-order valence-corrected chi connectivity index (χ3v) is 12.7. The molecule has 402 valence electrons. The zero-order chi connectivity index (χ0) is 54.7. The van der Waals surface area contributed by atoms with Crippen LogP contribution in [0.5, 0.6) is 0 Å². The van der Waals surface area contributed by atoms with Gasteiger partial charge in [-0.15, -0.1) is 0 Å². The van der Waals surface area contributed by atoms with E-state index in [4.69, 9.17) is 17.2 Å². The number of nitrogens with one attached hydrogen (secondary N) is 8. The third kappa shape index (κ3) is 18.2. The molecular formula is C51H71N11O10S2. The number of hydrogen-bond donors (Lipinski definition) is 15. The zero-order valence-corrected chi connectivity index (χ0v) is 43.7. The molecule has 4 aromatic rings. The van der Waals surface area contributed by atoms with Crippen LogP contribution in [-0.4, -0.2) is 140 Å². The van der Waals surface area contributed by atoms with Crippen molar-refractivity contribution in [2.45, 2.75) is 132 Å². The summed E-state index contributed by atoms with van der Waals surface area (Å²) >= 11 is 8.77. The molecule has 0 fully saturated rings. The van der Waals surface area contributed by atoms with E-state index in [0.717, 1.165) is 16.5 Å². The molecule has 0 radical (unpaired) electrons. The Bertz CT molecular complexity index is 2530. The van der Waals surface area contributed by atoms with Crippen molar-refractivity contribution < 1.29 is 48.6 Å². The van der Waals surface area contributed by atoms with Gasteiger partial charge in [-0.2, -0.15) is 25.3 Å². The van der Waals surface area contributed by atoms with Gasteiger partial charge in [0.1, 0.15) is 42.3 Å². The molecule has 0 aliphatic heterocycles. The molecule has 23 heteroatoms. The number of fused-ring (bicyclic) bond motifs is 1. The average Bonchev–Trinajstić information content (AvgIpc) is 3.76. The molecule has 1 aromatic heterocycles. The van der Waals surface area contributed by atoms with Gasteiger partial charge in [-0.05, 0) is 82.7 Å². The minimum Gasteiger partial charge on any atom is -0.391 e. The predicted molar refractivity (Wildman–Crippen MR) is 286 cm³/mol. The van der Waals surface area contributed by atoms with Gasteiger partial charge in [-0.25, -0.2) is 0 Å². The fraction of sp³-hybridized carbons (Fsp3) is 0.451. The van der Waals surface area contributed by atoms with Gasteiger partial charge in [0.25, 0.3) is 0 Å². The van der Waals surface area contributed by atoms with Gasteiger partial charge >= 0.3 is 0 Å². The molecule has 0 unspecified atom stereocenters. The summed E-state index contributed by atoms with van der Waals surface area (Å²) in [5, 5.41) is 39.8. The van der Waals surface area contributed by atoms with Gasteiger partial charge in [-0.1, -0.05) is 78.9 Å².